The fourth-order valence-corrected chi connectivity index (χ4v) is 3.02. The monoisotopic (exact) mass is 282 g/mol. The standard InChI is InChI=1S/C19H22O2/c1-13-8-9-14(2)16(11-13)12-18(20)17-7-3-5-15-6-4-10-21-19(15)17/h3,5,7-9,11,18,20H,4,6,10,12H2,1-2H3. The molecule has 2 aromatic rings. The molecule has 2 nitrogen and oxygen atoms in total. The third-order valence-corrected chi connectivity index (χ3v) is 4.24. The molecule has 1 N–H and O–H groups in total. The molecule has 0 amide bonds. The zero-order chi connectivity index (χ0) is 14.8. The molecule has 21 heavy (non-hydrogen) atoms. The fourth-order valence-electron chi connectivity index (χ4n) is 3.02. The van der Waals surface area contributed by atoms with Crippen LogP contribution in [-0.2, 0) is 12.8 Å². The Morgan fingerprint density at radius 1 is 1.19 bits per heavy atom. The van der Waals surface area contributed by atoms with Crippen molar-refractivity contribution >= 4 is 0 Å². The van der Waals surface area contributed by atoms with E-state index in [2.05, 4.69) is 38.1 Å². The second kappa shape index (κ2) is 5.90. The molecule has 0 saturated carbocycles. The molecule has 0 fully saturated rings. The lowest BCUT2D eigenvalue weighted by Gasteiger charge is -2.23. The Kier molecular flexibility index (Phi) is 3.98. The lowest BCUT2D eigenvalue weighted by atomic mass is 9.93. The van der Waals surface area contributed by atoms with Gasteiger partial charge in [-0.15, -0.1) is 0 Å². The third-order valence-electron chi connectivity index (χ3n) is 4.24. The number of ether oxygens (including phenoxy) is 1. The summed E-state index contributed by atoms with van der Waals surface area (Å²) < 4.78 is 5.81. The molecule has 0 radical (unpaired) electrons. The average Bonchev–Trinajstić information content (AvgIpc) is 2.50. The molecule has 0 aliphatic carbocycles. The minimum absolute atomic E-state index is 0.515. The van der Waals surface area contributed by atoms with Crippen LogP contribution < -0.4 is 4.74 Å². The van der Waals surface area contributed by atoms with Gasteiger partial charge in [0.05, 0.1) is 12.7 Å². The second-order valence-electron chi connectivity index (χ2n) is 5.94. The first-order chi connectivity index (χ1) is 10.1. The molecular weight excluding hydrogens is 260 g/mol. The average molecular weight is 282 g/mol. The Hall–Kier alpha value is -1.80. The summed E-state index contributed by atoms with van der Waals surface area (Å²) in [5.74, 6) is 0.904. The van der Waals surface area contributed by atoms with Crippen LogP contribution in [0.5, 0.6) is 5.75 Å². The molecule has 0 spiro atoms. The van der Waals surface area contributed by atoms with Gasteiger partial charge in [0, 0.05) is 12.0 Å². The van der Waals surface area contributed by atoms with Crippen LogP contribution in [0.25, 0.3) is 0 Å². The van der Waals surface area contributed by atoms with Crippen LogP contribution in [0.4, 0.5) is 0 Å². The largest absolute Gasteiger partial charge is 0.493 e. The molecule has 3 rings (SSSR count). The van der Waals surface area contributed by atoms with E-state index in [1.165, 1.54) is 22.3 Å². The van der Waals surface area contributed by atoms with Crippen molar-refractivity contribution in [3.8, 4) is 5.75 Å². The van der Waals surface area contributed by atoms with Gasteiger partial charge in [-0.3, -0.25) is 0 Å². The molecule has 1 aliphatic rings. The first kappa shape index (κ1) is 14.2. The maximum absolute atomic E-state index is 10.7. The Morgan fingerprint density at radius 2 is 2.05 bits per heavy atom. The fraction of sp³-hybridized carbons (Fsp3) is 0.368. The van der Waals surface area contributed by atoms with Gasteiger partial charge in [-0.25, -0.2) is 0 Å². The van der Waals surface area contributed by atoms with Crippen molar-refractivity contribution in [1.29, 1.82) is 0 Å². The zero-order valence-corrected chi connectivity index (χ0v) is 12.7. The van der Waals surface area contributed by atoms with E-state index >= 15 is 0 Å². The smallest absolute Gasteiger partial charge is 0.128 e. The minimum atomic E-state index is -0.515. The van der Waals surface area contributed by atoms with Crippen LogP contribution >= 0.6 is 0 Å². The molecule has 0 aromatic heterocycles. The van der Waals surface area contributed by atoms with Gasteiger partial charge in [0.15, 0.2) is 0 Å². The summed E-state index contributed by atoms with van der Waals surface area (Å²) in [6, 6.07) is 12.5. The number of benzene rings is 2. The number of aliphatic hydroxyl groups is 1. The van der Waals surface area contributed by atoms with Crippen molar-refractivity contribution in [3.05, 3.63) is 64.2 Å². The Bertz CT molecular complexity index is 646. The molecule has 1 heterocycles. The van der Waals surface area contributed by atoms with E-state index in [0.717, 1.165) is 30.8 Å². The van der Waals surface area contributed by atoms with Gasteiger partial charge in [0.2, 0.25) is 0 Å². The van der Waals surface area contributed by atoms with E-state index in [-0.39, 0.29) is 0 Å². The van der Waals surface area contributed by atoms with Gasteiger partial charge in [0.25, 0.3) is 0 Å². The van der Waals surface area contributed by atoms with E-state index in [9.17, 15) is 5.11 Å². The quantitative estimate of drug-likeness (QED) is 0.925. The van der Waals surface area contributed by atoms with Crippen molar-refractivity contribution in [2.75, 3.05) is 6.61 Å². The number of para-hydroxylation sites is 1. The third kappa shape index (κ3) is 2.96. The highest BCUT2D eigenvalue weighted by Gasteiger charge is 2.20. The second-order valence-corrected chi connectivity index (χ2v) is 5.94. The highest BCUT2D eigenvalue weighted by Crippen LogP contribution is 2.34. The summed E-state index contributed by atoms with van der Waals surface area (Å²) in [6.07, 6.45) is 2.22. The zero-order valence-electron chi connectivity index (χ0n) is 12.7. The first-order valence-corrected chi connectivity index (χ1v) is 7.64. The number of aliphatic hydroxyl groups excluding tert-OH is 1. The van der Waals surface area contributed by atoms with E-state index in [4.69, 9.17) is 4.74 Å². The van der Waals surface area contributed by atoms with Gasteiger partial charge in [-0.2, -0.15) is 0 Å². The topological polar surface area (TPSA) is 29.5 Å². The van der Waals surface area contributed by atoms with Crippen molar-refractivity contribution in [3.63, 3.8) is 0 Å². The van der Waals surface area contributed by atoms with Crippen LogP contribution in [0.3, 0.4) is 0 Å². The number of hydrogen-bond donors (Lipinski definition) is 1. The predicted molar refractivity (Wildman–Crippen MR) is 84.8 cm³/mol. The highest BCUT2D eigenvalue weighted by atomic mass is 16.5. The summed E-state index contributed by atoms with van der Waals surface area (Å²) in [4.78, 5) is 0. The maximum Gasteiger partial charge on any atom is 0.128 e. The van der Waals surface area contributed by atoms with Crippen LogP contribution in [0, 0.1) is 13.8 Å². The van der Waals surface area contributed by atoms with Crippen molar-refractivity contribution < 1.29 is 9.84 Å². The van der Waals surface area contributed by atoms with E-state index in [1.807, 2.05) is 12.1 Å². The van der Waals surface area contributed by atoms with E-state index in [0.29, 0.717) is 6.42 Å². The summed E-state index contributed by atoms with van der Waals surface area (Å²) in [5, 5.41) is 10.7. The van der Waals surface area contributed by atoms with Crippen LogP contribution in [0.1, 0.15) is 40.3 Å². The molecule has 1 unspecified atom stereocenters. The Balaban J connectivity index is 1.89. The van der Waals surface area contributed by atoms with Gasteiger partial charge in [0.1, 0.15) is 5.75 Å². The maximum atomic E-state index is 10.7. The van der Waals surface area contributed by atoms with Gasteiger partial charge < -0.3 is 9.84 Å². The van der Waals surface area contributed by atoms with Crippen LogP contribution in [0.15, 0.2) is 36.4 Å². The number of fused-ring (bicyclic) bond motifs is 1. The van der Waals surface area contributed by atoms with Gasteiger partial charge in [-0.05, 0) is 43.4 Å². The molecule has 1 aliphatic heterocycles. The normalized spacial score (nSPS) is 15.2. The summed E-state index contributed by atoms with van der Waals surface area (Å²) in [7, 11) is 0. The predicted octanol–water partition coefficient (Wildman–Crippen LogP) is 3.90. The molecule has 0 saturated heterocycles. The minimum Gasteiger partial charge on any atom is -0.493 e. The molecule has 1 atom stereocenters. The van der Waals surface area contributed by atoms with Gasteiger partial charge in [-0.1, -0.05) is 42.0 Å². The molecule has 0 bridgehead atoms. The lowest BCUT2D eigenvalue weighted by Crippen LogP contribution is -2.13. The SMILES string of the molecule is Cc1ccc(C)c(CC(O)c2cccc3c2OCCC3)c1. The molecule has 2 heteroatoms. The molecular formula is C19H22O2. The van der Waals surface area contributed by atoms with Gasteiger partial charge >= 0.3 is 0 Å². The Morgan fingerprint density at radius 3 is 2.90 bits per heavy atom. The molecule has 110 valence electrons. The first-order valence-electron chi connectivity index (χ1n) is 7.64. The number of rotatable bonds is 3. The number of hydrogen-bond acceptors (Lipinski definition) is 2. The lowest BCUT2D eigenvalue weighted by molar-refractivity contribution is 0.169. The van der Waals surface area contributed by atoms with Crippen molar-refractivity contribution in [2.24, 2.45) is 0 Å². The Labute approximate surface area is 126 Å². The summed E-state index contributed by atoms with van der Waals surface area (Å²) in [5.41, 5.74) is 5.81. The highest BCUT2D eigenvalue weighted by molar-refractivity contribution is 5.45. The van der Waals surface area contributed by atoms with Crippen molar-refractivity contribution in [1.82, 2.24) is 0 Å². The van der Waals surface area contributed by atoms with Crippen molar-refractivity contribution in [2.45, 2.75) is 39.2 Å². The molecule has 2 aromatic carbocycles. The van der Waals surface area contributed by atoms with E-state index < -0.39 is 6.10 Å². The van der Waals surface area contributed by atoms with Crippen LogP contribution in [-0.4, -0.2) is 11.7 Å². The van der Waals surface area contributed by atoms with Crippen LogP contribution in [0.2, 0.25) is 0 Å². The summed E-state index contributed by atoms with van der Waals surface area (Å²) >= 11 is 0. The number of aryl methyl sites for hydroxylation is 3. The summed E-state index contributed by atoms with van der Waals surface area (Å²) in [6.45, 7) is 4.93. The van der Waals surface area contributed by atoms with E-state index in [1.54, 1.807) is 0 Å².